The monoisotopic (exact) mass is 402 g/mol. The van der Waals surface area contributed by atoms with E-state index in [2.05, 4.69) is 25.9 Å². The molecule has 0 bridgehead atoms. The molecular formula is C18H19BrN4O2. The molecule has 4 rings (SSSR count). The molecular weight excluding hydrogens is 384 g/mol. The molecule has 0 saturated heterocycles. The lowest BCUT2D eigenvalue weighted by atomic mass is 9.94. The van der Waals surface area contributed by atoms with Crippen molar-refractivity contribution in [3.05, 3.63) is 44.6 Å². The highest BCUT2D eigenvalue weighted by Gasteiger charge is 2.34. The van der Waals surface area contributed by atoms with Gasteiger partial charge >= 0.3 is 0 Å². The summed E-state index contributed by atoms with van der Waals surface area (Å²) in [6.07, 6.45) is 5.63. The first kappa shape index (κ1) is 16.3. The number of amidine groups is 1. The molecule has 6 nitrogen and oxygen atoms in total. The molecule has 3 N–H and O–H groups in total. The van der Waals surface area contributed by atoms with Gasteiger partial charge in [0.25, 0.3) is 5.56 Å². The molecule has 2 heterocycles. The van der Waals surface area contributed by atoms with Crippen molar-refractivity contribution >= 4 is 38.2 Å². The summed E-state index contributed by atoms with van der Waals surface area (Å²) in [5, 5.41) is 19.4. The quantitative estimate of drug-likeness (QED) is 0.715. The molecule has 0 amide bonds. The summed E-state index contributed by atoms with van der Waals surface area (Å²) in [6, 6.07) is 5.57. The number of aromatic amines is 1. The summed E-state index contributed by atoms with van der Waals surface area (Å²) in [6.45, 7) is 0.320. The van der Waals surface area contributed by atoms with Gasteiger partial charge in [-0.15, -0.1) is 0 Å². The van der Waals surface area contributed by atoms with Crippen LogP contribution in [0.2, 0.25) is 0 Å². The van der Waals surface area contributed by atoms with Crippen molar-refractivity contribution in [1.29, 1.82) is 5.41 Å². The molecule has 1 aromatic heterocycles. The number of nitrogens with one attached hydrogen (secondary N) is 2. The maximum atomic E-state index is 12.4. The Morgan fingerprint density at radius 3 is 2.80 bits per heavy atom. The Kier molecular flexibility index (Phi) is 4.11. The van der Waals surface area contributed by atoms with Crippen molar-refractivity contribution in [3.8, 4) is 0 Å². The molecule has 1 saturated carbocycles. The van der Waals surface area contributed by atoms with Crippen LogP contribution in [0.1, 0.15) is 37.9 Å². The Balaban J connectivity index is 1.72. The average molecular weight is 403 g/mol. The van der Waals surface area contributed by atoms with Gasteiger partial charge in [0.2, 0.25) is 0 Å². The minimum Gasteiger partial charge on any atom is -0.510 e. The Labute approximate surface area is 153 Å². The van der Waals surface area contributed by atoms with Crippen molar-refractivity contribution in [2.45, 2.75) is 38.1 Å². The second kappa shape index (κ2) is 6.29. The van der Waals surface area contributed by atoms with Gasteiger partial charge < -0.3 is 15.0 Å². The van der Waals surface area contributed by atoms with Gasteiger partial charge in [-0.2, -0.15) is 0 Å². The summed E-state index contributed by atoms with van der Waals surface area (Å²) in [7, 11) is 0. The van der Waals surface area contributed by atoms with Crippen molar-refractivity contribution in [2.75, 3.05) is 6.54 Å². The predicted octanol–water partition coefficient (Wildman–Crippen LogP) is 3.58. The van der Waals surface area contributed by atoms with Crippen LogP contribution in [0.25, 0.3) is 16.5 Å². The number of aliphatic hydroxyl groups excluding tert-OH is 1. The number of nitrogens with zero attached hydrogens (tertiary/aromatic N) is 2. The highest BCUT2D eigenvalue weighted by Crippen LogP contribution is 2.31. The van der Waals surface area contributed by atoms with Crippen molar-refractivity contribution in [2.24, 2.45) is 0 Å². The van der Waals surface area contributed by atoms with Gasteiger partial charge in [0.05, 0.1) is 23.0 Å². The van der Waals surface area contributed by atoms with E-state index in [1.165, 1.54) is 6.42 Å². The number of fused-ring (bicyclic) bond motifs is 1. The second-order valence-corrected chi connectivity index (χ2v) is 7.58. The zero-order chi connectivity index (χ0) is 17.6. The standard InChI is InChI=1S/C18H19BrN4O2/c19-10-6-7-13-12(8-10)18(25)22-17(21-13)15-14(24)9-23(16(15)20)11-4-2-1-3-5-11/h6-8,11,20,24H,1-5,9H2,(H,21,22,25). The zero-order valence-corrected chi connectivity index (χ0v) is 15.3. The first-order chi connectivity index (χ1) is 12.0. The number of rotatable bonds is 2. The molecule has 25 heavy (non-hydrogen) atoms. The summed E-state index contributed by atoms with van der Waals surface area (Å²) >= 11 is 3.35. The van der Waals surface area contributed by atoms with Crippen LogP contribution in [-0.2, 0) is 0 Å². The number of aliphatic hydroxyl groups is 1. The summed E-state index contributed by atoms with van der Waals surface area (Å²) in [5.41, 5.74) is 0.615. The SMILES string of the molecule is N=C1C(c2nc3ccc(Br)cc3c(=O)[nH]2)=C(O)CN1C1CCCCC1. The number of halogens is 1. The molecule has 130 valence electrons. The van der Waals surface area contributed by atoms with E-state index in [4.69, 9.17) is 5.41 Å². The molecule has 0 radical (unpaired) electrons. The summed E-state index contributed by atoms with van der Waals surface area (Å²) < 4.78 is 0.805. The van der Waals surface area contributed by atoms with Crippen LogP contribution in [-0.4, -0.2) is 38.4 Å². The molecule has 0 atom stereocenters. The highest BCUT2D eigenvalue weighted by atomic mass is 79.9. The second-order valence-electron chi connectivity index (χ2n) is 6.67. The molecule has 0 spiro atoms. The number of benzene rings is 1. The maximum absolute atomic E-state index is 12.4. The van der Waals surface area contributed by atoms with E-state index in [1.54, 1.807) is 12.1 Å². The van der Waals surface area contributed by atoms with E-state index in [1.807, 2.05) is 11.0 Å². The van der Waals surface area contributed by atoms with Crippen LogP contribution in [0.3, 0.4) is 0 Å². The number of H-pyrrole nitrogens is 1. The van der Waals surface area contributed by atoms with E-state index in [0.717, 1.165) is 30.2 Å². The molecule has 2 aliphatic rings. The average Bonchev–Trinajstić information content (AvgIpc) is 2.91. The van der Waals surface area contributed by atoms with Gasteiger partial charge in [0.1, 0.15) is 17.4 Å². The van der Waals surface area contributed by atoms with E-state index in [0.29, 0.717) is 23.0 Å². The zero-order valence-electron chi connectivity index (χ0n) is 13.7. The fraction of sp³-hybridized carbons (Fsp3) is 0.389. The fourth-order valence-corrected chi connectivity index (χ4v) is 4.14. The summed E-state index contributed by atoms with van der Waals surface area (Å²) in [4.78, 5) is 21.5. The number of aromatic nitrogens is 2. The van der Waals surface area contributed by atoms with Crippen molar-refractivity contribution < 1.29 is 5.11 Å². The van der Waals surface area contributed by atoms with Gasteiger partial charge in [0.15, 0.2) is 0 Å². The third-order valence-corrected chi connectivity index (χ3v) is 5.55. The first-order valence-electron chi connectivity index (χ1n) is 8.52. The first-order valence-corrected chi connectivity index (χ1v) is 9.31. The third kappa shape index (κ3) is 2.86. The van der Waals surface area contributed by atoms with E-state index in [-0.39, 0.29) is 29.0 Å². The lowest BCUT2D eigenvalue weighted by Crippen LogP contribution is -2.38. The lowest BCUT2D eigenvalue weighted by molar-refractivity contribution is 0.241. The number of hydrogen-bond donors (Lipinski definition) is 3. The third-order valence-electron chi connectivity index (χ3n) is 5.05. The Morgan fingerprint density at radius 1 is 1.28 bits per heavy atom. The van der Waals surface area contributed by atoms with Gasteiger partial charge in [-0.05, 0) is 31.0 Å². The van der Waals surface area contributed by atoms with Crippen LogP contribution in [0.4, 0.5) is 0 Å². The van der Waals surface area contributed by atoms with E-state index in [9.17, 15) is 9.90 Å². The van der Waals surface area contributed by atoms with Crippen LogP contribution < -0.4 is 5.56 Å². The van der Waals surface area contributed by atoms with Crippen LogP contribution in [0.15, 0.2) is 33.2 Å². The van der Waals surface area contributed by atoms with Crippen molar-refractivity contribution in [3.63, 3.8) is 0 Å². The lowest BCUT2D eigenvalue weighted by Gasteiger charge is -2.32. The molecule has 1 fully saturated rings. The Morgan fingerprint density at radius 2 is 2.04 bits per heavy atom. The maximum Gasteiger partial charge on any atom is 0.259 e. The normalized spacial score (nSPS) is 19.2. The van der Waals surface area contributed by atoms with E-state index >= 15 is 0 Å². The Hall–Kier alpha value is -2.15. The molecule has 0 unspecified atom stereocenters. The fourth-order valence-electron chi connectivity index (χ4n) is 3.78. The van der Waals surface area contributed by atoms with Crippen molar-refractivity contribution in [1.82, 2.24) is 14.9 Å². The molecule has 2 aromatic rings. The van der Waals surface area contributed by atoms with Gasteiger partial charge in [-0.1, -0.05) is 35.2 Å². The minimum absolute atomic E-state index is 0.107. The van der Waals surface area contributed by atoms with Gasteiger partial charge in [-0.25, -0.2) is 4.98 Å². The summed E-state index contributed by atoms with van der Waals surface area (Å²) in [5.74, 6) is 0.625. The van der Waals surface area contributed by atoms with Gasteiger partial charge in [0, 0.05) is 10.5 Å². The predicted molar refractivity (Wildman–Crippen MR) is 101 cm³/mol. The van der Waals surface area contributed by atoms with Crippen LogP contribution >= 0.6 is 15.9 Å². The minimum atomic E-state index is -0.273. The highest BCUT2D eigenvalue weighted by molar-refractivity contribution is 9.10. The number of hydrogen-bond acceptors (Lipinski definition) is 4. The Bertz CT molecular complexity index is 944. The molecule has 1 aliphatic heterocycles. The van der Waals surface area contributed by atoms with Crippen LogP contribution in [0, 0.1) is 5.41 Å². The molecule has 1 aromatic carbocycles. The molecule has 7 heteroatoms. The van der Waals surface area contributed by atoms with E-state index < -0.39 is 0 Å². The van der Waals surface area contributed by atoms with Gasteiger partial charge in [-0.3, -0.25) is 10.2 Å². The smallest absolute Gasteiger partial charge is 0.259 e. The van der Waals surface area contributed by atoms with Crippen LogP contribution in [0.5, 0.6) is 0 Å². The topological polar surface area (TPSA) is 93.1 Å². The molecule has 1 aliphatic carbocycles. The largest absolute Gasteiger partial charge is 0.510 e.